The lowest BCUT2D eigenvalue weighted by molar-refractivity contribution is -0.119. The number of hydrogen-bond acceptors (Lipinski definition) is 5. The molecule has 2 aromatic heterocycles. The molecule has 0 bridgehead atoms. The Morgan fingerprint density at radius 1 is 1.35 bits per heavy atom. The van der Waals surface area contributed by atoms with E-state index >= 15 is 0 Å². The molecule has 1 fully saturated rings. The highest BCUT2D eigenvalue weighted by atomic mass is 32.1. The zero-order valence-electron chi connectivity index (χ0n) is 13.6. The van der Waals surface area contributed by atoms with Crippen LogP contribution in [0.15, 0.2) is 16.5 Å². The Kier molecular flexibility index (Phi) is 5.00. The van der Waals surface area contributed by atoms with Crippen molar-refractivity contribution >= 4 is 22.4 Å². The maximum Gasteiger partial charge on any atom is 0.217 e. The van der Waals surface area contributed by atoms with Crippen LogP contribution in [-0.4, -0.2) is 16.9 Å². The van der Waals surface area contributed by atoms with Crippen molar-refractivity contribution in [2.75, 3.05) is 5.32 Å². The van der Waals surface area contributed by atoms with E-state index in [0.717, 1.165) is 27.2 Å². The normalized spacial score (nSPS) is 15.6. The Bertz CT molecular complexity index is 671. The van der Waals surface area contributed by atoms with E-state index in [-0.39, 0.29) is 5.91 Å². The van der Waals surface area contributed by atoms with Crippen molar-refractivity contribution in [1.29, 1.82) is 0 Å². The van der Waals surface area contributed by atoms with Crippen LogP contribution in [0.4, 0.5) is 5.13 Å². The number of rotatable bonds is 5. The van der Waals surface area contributed by atoms with E-state index in [1.54, 1.807) is 11.3 Å². The largest absolute Gasteiger partial charge is 0.458 e. The zero-order valence-corrected chi connectivity index (χ0v) is 14.5. The van der Waals surface area contributed by atoms with Crippen molar-refractivity contribution in [3.05, 3.63) is 22.8 Å². The Morgan fingerprint density at radius 2 is 2.13 bits per heavy atom. The molecule has 2 heterocycles. The van der Waals surface area contributed by atoms with Gasteiger partial charge in [0.1, 0.15) is 11.5 Å². The van der Waals surface area contributed by atoms with Gasteiger partial charge in [-0.2, -0.15) is 0 Å². The summed E-state index contributed by atoms with van der Waals surface area (Å²) in [5.41, 5.74) is 0.891. The molecule has 5 nitrogen and oxygen atoms in total. The van der Waals surface area contributed by atoms with Crippen molar-refractivity contribution in [3.63, 3.8) is 0 Å². The molecule has 2 aromatic rings. The minimum Gasteiger partial charge on any atom is -0.458 e. The first kappa shape index (κ1) is 16.1. The van der Waals surface area contributed by atoms with E-state index in [0.29, 0.717) is 12.6 Å². The lowest BCUT2D eigenvalue weighted by Crippen LogP contribution is -2.21. The van der Waals surface area contributed by atoms with Crippen LogP contribution in [0.25, 0.3) is 11.5 Å². The third kappa shape index (κ3) is 4.13. The van der Waals surface area contributed by atoms with Gasteiger partial charge in [-0.1, -0.05) is 19.3 Å². The molecule has 0 atom stereocenters. The minimum atomic E-state index is -0.0632. The van der Waals surface area contributed by atoms with Gasteiger partial charge in [0.05, 0.1) is 6.54 Å². The van der Waals surface area contributed by atoms with Crippen LogP contribution in [0, 0.1) is 6.92 Å². The molecule has 0 unspecified atom stereocenters. The number of aryl methyl sites for hydroxylation is 1. The fourth-order valence-electron chi connectivity index (χ4n) is 2.92. The van der Waals surface area contributed by atoms with Gasteiger partial charge in [-0.25, -0.2) is 4.98 Å². The predicted molar refractivity (Wildman–Crippen MR) is 92.6 cm³/mol. The number of nitrogens with zero attached hydrogens (tertiary/aromatic N) is 1. The van der Waals surface area contributed by atoms with Gasteiger partial charge in [-0.3, -0.25) is 4.79 Å². The first-order valence-electron chi connectivity index (χ1n) is 8.19. The fourth-order valence-corrected chi connectivity index (χ4v) is 3.82. The average molecular weight is 333 g/mol. The summed E-state index contributed by atoms with van der Waals surface area (Å²) >= 11 is 1.68. The van der Waals surface area contributed by atoms with Crippen molar-refractivity contribution < 1.29 is 9.21 Å². The molecule has 3 rings (SSSR count). The monoisotopic (exact) mass is 333 g/mol. The van der Waals surface area contributed by atoms with Crippen molar-refractivity contribution in [2.45, 2.75) is 58.5 Å². The maximum absolute atomic E-state index is 11.0. The summed E-state index contributed by atoms with van der Waals surface area (Å²) in [5.74, 6) is 1.44. The quantitative estimate of drug-likeness (QED) is 0.865. The molecule has 0 aromatic carbocycles. The first-order chi connectivity index (χ1) is 11.1. The summed E-state index contributed by atoms with van der Waals surface area (Å²) in [5, 5.41) is 7.28. The molecule has 1 aliphatic rings. The Hall–Kier alpha value is -1.82. The first-order valence-corrected chi connectivity index (χ1v) is 9.01. The van der Waals surface area contributed by atoms with Crippen molar-refractivity contribution in [3.8, 4) is 11.5 Å². The molecule has 1 saturated carbocycles. The molecule has 124 valence electrons. The number of nitrogens with one attached hydrogen (secondary N) is 2. The number of carbonyl (C=O) groups is 1. The van der Waals surface area contributed by atoms with E-state index < -0.39 is 0 Å². The third-order valence-electron chi connectivity index (χ3n) is 4.14. The summed E-state index contributed by atoms with van der Waals surface area (Å²) in [4.78, 5) is 16.8. The van der Waals surface area contributed by atoms with Crippen LogP contribution >= 0.6 is 11.3 Å². The lowest BCUT2D eigenvalue weighted by Gasteiger charge is -2.22. The van der Waals surface area contributed by atoms with Gasteiger partial charge in [0.25, 0.3) is 0 Å². The smallest absolute Gasteiger partial charge is 0.217 e. The number of aromatic nitrogens is 1. The molecule has 23 heavy (non-hydrogen) atoms. The van der Waals surface area contributed by atoms with Crippen molar-refractivity contribution in [1.82, 2.24) is 10.3 Å². The fraction of sp³-hybridized carbons (Fsp3) is 0.529. The highest BCUT2D eigenvalue weighted by molar-refractivity contribution is 7.16. The molecule has 0 saturated heterocycles. The van der Waals surface area contributed by atoms with Crippen LogP contribution in [-0.2, 0) is 11.3 Å². The molecule has 0 aliphatic heterocycles. The van der Waals surface area contributed by atoms with Crippen LogP contribution in [0.5, 0.6) is 0 Å². The summed E-state index contributed by atoms with van der Waals surface area (Å²) in [6, 6.07) is 4.36. The SMILES string of the molecule is CC(=O)NCc1ccc(-c2nc(NC3CCCCC3)sc2C)o1. The molecular formula is C17H23N3O2S. The topological polar surface area (TPSA) is 67.2 Å². The van der Waals surface area contributed by atoms with E-state index in [4.69, 9.17) is 9.40 Å². The number of anilines is 1. The van der Waals surface area contributed by atoms with E-state index in [1.807, 2.05) is 12.1 Å². The second-order valence-electron chi connectivity index (χ2n) is 6.08. The van der Waals surface area contributed by atoms with Gasteiger partial charge in [0.2, 0.25) is 5.91 Å². The minimum absolute atomic E-state index is 0.0632. The second kappa shape index (κ2) is 7.17. The number of thiazole rings is 1. The van der Waals surface area contributed by atoms with E-state index in [9.17, 15) is 4.79 Å². The average Bonchev–Trinajstić information content (AvgIpc) is 3.13. The number of amides is 1. The highest BCUT2D eigenvalue weighted by Gasteiger charge is 2.18. The standard InChI is InChI=1S/C17H23N3O2S/c1-11-16(15-9-8-14(22-15)10-18-12(2)21)20-17(23-11)19-13-6-4-3-5-7-13/h8-9,13H,3-7,10H2,1-2H3,(H,18,21)(H,19,20). The summed E-state index contributed by atoms with van der Waals surface area (Å²) in [7, 11) is 0. The molecule has 6 heteroatoms. The van der Waals surface area contributed by atoms with Crippen molar-refractivity contribution in [2.24, 2.45) is 0 Å². The Labute approximate surface area is 140 Å². The van der Waals surface area contributed by atoms with Gasteiger partial charge in [0.15, 0.2) is 10.9 Å². The maximum atomic E-state index is 11.0. The van der Waals surface area contributed by atoms with Gasteiger partial charge in [-0.05, 0) is 31.9 Å². The second-order valence-corrected chi connectivity index (χ2v) is 7.28. The van der Waals surface area contributed by atoms with Gasteiger partial charge < -0.3 is 15.1 Å². The molecule has 2 N–H and O–H groups in total. The molecule has 1 amide bonds. The Morgan fingerprint density at radius 3 is 2.87 bits per heavy atom. The molecular weight excluding hydrogens is 310 g/mol. The molecule has 0 spiro atoms. The molecule has 1 aliphatic carbocycles. The Balaban J connectivity index is 1.69. The lowest BCUT2D eigenvalue weighted by atomic mass is 9.96. The van der Waals surface area contributed by atoms with Gasteiger partial charge >= 0.3 is 0 Å². The summed E-state index contributed by atoms with van der Waals surface area (Å²) in [6.07, 6.45) is 6.42. The van der Waals surface area contributed by atoms with Crippen LogP contribution < -0.4 is 10.6 Å². The van der Waals surface area contributed by atoms with E-state index in [2.05, 4.69) is 17.6 Å². The number of hydrogen-bond donors (Lipinski definition) is 2. The number of furan rings is 1. The van der Waals surface area contributed by atoms with Gasteiger partial charge in [-0.15, -0.1) is 11.3 Å². The third-order valence-corrected chi connectivity index (χ3v) is 5.04. The predicted octanol–water partition coefficient (Wildman–Crippen LogP) is 4.09. The zero-order chi connectivity index (χ0) is 16.2. The summed E-state index contributed by atoms with van der Waals surface area (Å²) < 4.78 is 5.81. The highest BCUT2D eigenvalue weighted by Crippen LogP contribution is 2.33. The summed E-state index contributed by atoms with van der Waals surface area (Å²) in [6.45, 7) is 3.97. The molecule has 0 radical (unpaired) electrons. The van der Waals surface area contributed by atoms with Crippen LogP contribution in [0.2, 0.25) is 0 Å². The van der Waals surface area contributed by atoms with Gasteiger partial charge in [0, 0.05) is 17.8 Å². The van der Waals surface area contributed by atoms with Crippen LogP contribution in [0.3, 0.4) is 0 Å². The van der Waals surface area contributed by atoms with E-state index in [1.165, 1.54) is 39.0 Å². The van der Waals surface area contributed by atoms with Crippen LogP contribution in [0.1, 0.15) is 49.7 Å². The number of carbonyl (C=O) groups excluding carboxylic acids is 1.